The smallest absolute Gasteiger partial charge is 0.261 e. The van der Waals surface area contributed by atoms with Crippen LogP contribution in [-0.2, 0) is 22.6 Å². The van der Waals surface area contributed by atoms with E-state index in [0.717, 1.165) is 36.8 Å². The minimum Gasteiger partial charge on any atom is -0.483 e. The Labute approximate surface area is 236 Å². The molecule has 1 fully saturated rings. The van der Waals surface area contributed by atoms with Gasteiger partial charge in [-0.1, -0.05) is 84.6 Å². The van der Waals surface area contributed by atoms with Crippen LogP contribution in [0.1, 0.15) is 36.8 Å². The largest absolute Gasteiger partial charge is 0.483 e. The van der Waals surface area contributed by atoms with Gasteiger partial charge in [0, 0.05) is 29.1 Å². The molecule has 3 aromatic carbocycles. The SMILES string of the molecule is O=C(NC1CCCC1)[C@@H](Cc1ccccc1)N(Cc1ccccc1Cl)C(=O)COc1ccc(Cl)cc1Br. The average Bonchev–Trinajstić information content (AvgIpc) is 3.40. The molecule has 0 aliphatic heterocycles. The fourth-order valence-electron chi connectivity index (χ4n) is 4.55. The van der Waals surface area contributed by atoms with Gasteiger partial charge < -0.3 is 15.0 Å². The molecule has 5 nitrogen and oxygen atoms in total. The van der Waals surface area contributed by atoms with Gasteiger partial charge >= 0.3 is 0 Å². The molecule has 0 aromatic heterocycles. The van der Waals surface area contributed by atoms with Crippen LogP contribution >= 0.6 is 39.1 Å². The molecule has 0 unspecified atom stereocenters. The molecule has 3 aromatic rings. The molecule has 1 saturated carbocycles. The summed E-state index contributed by atoms with van der Waals surface area (Å²) in [5, 5.41) is 4.29. The second kappa shape index (κ2) is 13.3. The molecule has 1 aliphatic carbocycles. The number of carbonyl (C=O) groups excluding carboxylic acids is 2. The van der Waals surface area contributed by atoms with Gasteiger partial charge in [-0.25, -0.2) is 0 Å². The predicted molar refractivity (Wildman–Crippen MR) is 151 cm³/mol. The van der Waals surface area contributed by atoms with Crippen LogP contribution in [0.2, 0.25) is 10.0 Å². The third-order valence-corrected chi connectivity index (χ3v) is 7.74. The highest BCUT2D eigenvalue weighted by Gasteiger charge is 2.32. The number of ether oxygens (including phenoxy) is 1. The summed E-state index contributed by atoms with van der Waals surface area (Å²) < 4.78 is 6.50. The highest BCUT2D eigenvalue weighted by atomic mass is 79.9. The maximum Gasteiger partial charge on any atom is 0.261 e. The molecular formula is C29H29BrCl2N2O3. The van der Waals surface area contributed by atoms with Gasteiger partial charge in [-0.15, -0.1) is 0 Å². The van der Waals surface area contributed by atoms with Crippen molar-refractivity contribution in [1.82, 2.24) is 10.2 Å². The van der Waals surface area contributed by atoms with E-state index < -0.39 is 6.04 Å². The van der Waals surface area contributed by atoms with Gasteiger partial charge in [-0.05, 0) is 64.2 Å². The molecule has 0 saturated heterocycles. The molecule has 1 N–H and O–H groups in total. The fourth-order valence-corrected chi connectivity index (χ4v) is 5.54. The van der Waals surface area contributed by atoms with E-state index in [1.54, 1.807) is 29.2 Å². The molecule has 0 bridgehead atoms. The first-order valence-corrected chi connectivity index (χ1v) is 13.9. The third kappa shape index (κ3) is 7.73. The average molecular weight is 604 g/mol. The number of rotatable bonds is 10. The lowest BCUT2D eigenvalue weighted by Crippen LogP contribution is -2.53. The van der Waals surface area contributed by atoms with Crippen LogP contribution < -0.4 is 10.1 Å². The van der Waals surface area contributed by atoms with E-state index >= 15 is 0 Å². The summed E-state index contributed by atoms with van der Waals surface area (Å²) in [5.74, 6) is 0.0126. The summed E-state index contributed by atoms with van der Waals surface area (Å²) >= 11 is 15.9. The summed E-state index contributed by atoms with van der Waals surface area (Å²) in [6.07, 6.45) is 4.48. The molecular weight excluding hydrogens is 575 g/mol. The number of nitrogens with zero attached hydrogens (tertiary/aromatic N) is 1. The van der Waals surface area contributed by atoms with Crippen molar-refractivity contribution in [3.05, 3.63) is 98.4 Å². The standard InChI is InChI=1S/C29H29BrCl2N2O3/c30-24-17-22(31)14-15-27(24)37-19-28(35)34(18-21-10-4-7-13-25(21)32)26(16-20-8-2-1-3-9-20)29(36)33-23-11-5-6-12-23/h1-4,7-10,13-15,17,23,26H,5-6,11-12,16,18-19H2,(H,33,36)/t26-/m1/s1. The van der Waals surface area contributed by atoms with Crippen molar-refractivity contribution in [2.24, 2.45) is 0 Å². The predicted octanol–water partition coefficient (Wildman–Crippen LogP) is 6.83. The van der Waals surface area contributed by atoms with Gasteiger partial charge in [0.2, 0.25) is 5.91 Å². The first-order valence-electron chi connectivity index (χ1n) is 12.4. The zero-order valence-electron chi connectivity index (χ0n) is 20.3. The first-order chi connectivity index (χ1) is 17.9. The Morgan fingerprint density at radius 1 is 1.00 bits per heavy atom. The summed E-state index contributed by atoms with van der Waals surface area (Å²) in [6, 6.07) is 21.6. The zero-order chi connectivity index (χ0) is 26.2. The number of carbonyl (C=O) groups is 2. The van der Waals surface area contributed by atoms with Crippen LogP contribution in [0.15, 0.2) is 77.3 Å². The fraction of sp³-hybridized carbons (Fsp3) is 0.310. The maximum absolute atomic E-state index is 13.7. The monoisotopic (exact) mass is 602 g/mol. The van der Waals surface area contributed by atoms with Crippen LogP contribution in [0.25, 0.3) is 0 Å². The van der Waals surface area contributed by atoms with E-state index in [9.17, 15) is 9.59 Å². The second-order valence-corrected chi connectivity index (χ2v) is 10.9. The molecule has 194 valence electrons. The van der Waals surface area contributed by atoms with Crippen molar-refractivity contribution in [2.75, 3.05) is 6.61 Å². The van der Waals surface area contributed by atoms with E-state index in [0.29, 0.717) is 26.7 Å². The van der Waals surface area contributed by atoms with Crippen molar-refractivity contribution in [2.45, 2.75) is 50.7 Å². The van der Waals surface area contributed by atoms with Gasteiger partial charge in [0.05, 0.1) is 4.47 Å². The lowest BCUT2D eigenvalue weighted by Gasteiger charge is -2.32. The van der Waals surface area contributed by atoms with Crippen molar-refractivity contribution in [1.29, 1.82) is 0 Å². The molecule has 37 heavy (non-hydrogen) atoms. The minimum absolute atomic E-state index is 0.129. The van der Waals surface area contributed by atoms with E-state index in [1.165, 1.54) is 0 Å². The first kappa shape index (κ1) is 27.5. The van der Waals surface area contributed by atoms with Crippen LogP contribution in [-0.4, -0.2) is 35.4 Å². The van der Waals surface area contributed by atoms with Gasteiger partial charge in [-0.3, -0.25) is 9.59 Å². The Balaban J connectivity index is 1.63. The van der Waals surface area contributed by atoms with Crippen LogP contribution in [0.3, 0.4) is 0 Å². The van der Waals surface area contributed by atoms with Crippen molar-refractivity contribution in [3.8, 4) is 5.75 Å². The summed E-state index contributed by atoms with van der Waals surface area (Å²) in [5.41, 5.74) is 1.73. The quantitative estimate of drug-likeness (QED) is 0.276. The summed E-state index contributed by atoms with van der Waals surface area (Å²) in [4.78, 5) is 29.0. The summed E-state index contributed by atoms with van der Waals surface area (Å²) in [6.45, 7) is -0.0636. The molecule has 1 aliphatic rings. The highest BCUT2D eigenvalue weighted by molar-refractivity contribution is 9.10. The van der Waals surface area contributed by atoms with Crippen molar-refractivity contribution in [3.63, 3.8) is 0 Å². The molecule has 0 spiro atoms. The Morgan fingerprint density at radius 3 is 2.41 bits per heavy atom. The number of amides is 2. The number of hydrogen-bond acceptors (Lipinski definition) is 3. The lowest BCUT2D eigenvalue weighted by molar-refractivity contribution is -0.143. The number of nitrogens with one attached hydrogen (secondary N) is 1. The highest BCUT2D eigenvalue weighted by Crippen LogP contribution is 2.28. The molecule has 2 amide bonds. The number of halogens is 3. The second-order valence-electron chi connectivity index (χ2n) is 9.17. The zero-order valence-corrected chi connectivity index (χ0v) is 23.4. The van der Waals surface area contributed by atoms with Crippen LogP contribution in [0.5, 0.6) is 5.75 Å². The maximum atomic E-state index is 13.7. The summed E-state index contributed by atoms with van der Waals surface area (Å²) in [7, 11) is 0. The van der Waals surface area contributed by atoms with Gasteiger partial charge in [0.25, 0.3) is 5.91 Å². The van der Waals surface area contributed by atoms with E-state index in [2.05, 4.69) is 21.2 Å². The third-order valence-electron chi connectivity index (χ3n) is 6.52. The molecule has 8 heteroatoms. The molecule has 4 rings (SSSR count). The number of hydrogen-bond donors (Lipinski definition) is 1. The topological polar surface area (TPSA) is 58.6 Å². The molecule has 1 atom stereocenters. The van der Waals surface area contributed by atoms with Gasteiger partial charge in [0.1, 0.15) is 11.8 Å². The van der Waals surface area contributed by atoms with E-state index in [4.69, 9.17) is 27.9 Å². The van der Waals surface area contributed by atoms with Gasteiger partial charge in [0.15, 0.2) is 6.61 Å². The Morgan fingerprint density at radius 2 is 1.70 bits per heavy atom. The molecule has 0 heterocycles. The minimum atomic E-state index is -0.732. The normalized spacial score (nSPS) is 14.2. The van der Waals surface area contributed by atoms with E-state index in [-0.39, 0.29) is 31.0 Å². The van der Waals surface area contributed by atoms with Crippen LogP contribution in [0, 0.1) is 0 Å². The Kier molecular flexibility index (Phi) is 9.89. The van der Waals surface area contributed by atoms with Crippen molar-refractivity contribution < 1.29 is 14.3 Å². The Bertz CT molecular complexity index is 1220. The van der Waals surface area contributed by atoms with Crippen molar-refractivity contribution >= 4 is 50.9 Å². The van der Waals surface area contributed by atoms with E-state index in [1.807, 2.05) is 48.5 Å². The van der Waals surface area contributed by atoms with Crippen LogP contribution in [0.4, 0.5) is 0 Å². The lowest BCUT2D eigenvalue weighted by atomic mass is 10.0. The van der Waals surface area contributed by atoms with Gasteiger partial charge in [-0.2, -0.15) is 0 Å². The number of benzene rings is 3. The Hall–Kier alpha value is -2.54. The molecule has 0 radical (unpaired) electrons.